The van der Waals surface area contributed by atoms with E-state index in [0.29, 0.717) is 25.9 Å². The summed E-state index contributed by atoms with van der Waals surface area (Å²) in [5.41, 5.74) is 0. The molecule has 0 aromatic rings. The van der Waals surface area contributed by atoms with Crippen LogP contribution in [-0.2, 0) is 14.3 Å². The van der Waals surface area contributed by atoms with Gasteiger partial charge in [-0.3, -0.25) is 9.59 Å². The van der Waals surface area contributed by atoms with Crippen LogP contribution in [0.15, 0.2) is 12.2 Å². The number of aliphatic hydroxyl groups excluding tert-OH is 2. The lowest BCUT2D eigenvalue weighted by atomic mass is 10.0. The molecule has 2 unspecified atom stereocenters. The van der Waals surface area contributed by atoms with Crippen molar-refractivity contribution in [3.63, 3.8) is 0 Å². The molecule has 0 radical (unpaired) electrons. The number of ether oxygens (including phenoxy) is 1. The monoisotopic (exact) mass is 1040 g/mol. The second-order valence-corrected chi connectivity index (χ2v) is 23.5. The highest BCUT2D eigenvalue weighted by molar-refractivity contribution is 5.76. The van der Waals surface area contributed by atoms with Crippen molar-refractivity contribution >= 4 is 11.9 Å². The summed E-state index contributed by atoms with van der Waals surface area (Å²) >= 11 is 0. The number of aliphatic hydroxyl groups is 2. The van der Waals surface area contributed by atoms with Crippen LogP contribution in [0, 0.1) is 0 Å². The van der Waals surface area contributed by atoms with Crippen LogP contribution in [0.5, 0.6) is 0 Å². The smallest absolute Gasteiger partial charge is 0.305 e. The summed E-state index contributed by atoms with van der Waals surface area (Å²) in [6.45, 7) is 4.98. The van der Waals surface area contributed by atoms with Crippen molar-refractivity contribution in [1.29, 1.82) is 0 Å². The second kappa shape index (κ2) is 64.1. The van der Waals surface area contributed by atoms with Gasteiger partial charge in [-0.1, -0.05) is 334 Å². The first-order valence-electron chi connectivity index (χ1n) is 33.9. The number of unbranched alkanes of at least 4 members (excludes halogenated alkanes) is 51. The molecule has 0 aromatic heterocycles. The number of carbonyl (C=O) groups excluding carboxylic acids is 2. The summed E-state index contributed by atoms with van der Waals surface area (Å²) < 4.78 is 5.47. The fourth-order valence-electron chi connectivity index (χ4n) is 10.9. The van der Waals surface area contributed by atoms with E-state index >= 15 is 0 Å². The Hall–Kier alpha value is -1.40. The Bertz CT molecular complexity index is 1110. The first kappa shape index (κ1) is 72.6. The number of esters is 1. The summed E-state index contributed by atoms with van der Waals surface area (Å²) in [5, 5.41) is 23.4. The van der Waals surface area contributed by atoms with Gasteiger partial charge in [-0.25, -0.2) is 0 Å². The molecule has 0 saturated heterocycles. The number of hydrogen-bond acceptors (Lipinski definition) is 5. The van der Waals surface area contributed by atoms with Gasteiger partial charge in [0.05, 0.1) is 25.4 Å². The molecule has 74 heavy (non-hydrogen) atoms. The zero-order chi connectivity index (χ0) is 53.6. The van der Waals surface area contributed by atoms with Crippen molar-refractivity contribution in [2.45, 2.75) is 398 Å². The van der Waals surface area contributed by atoms with E-state index in [0.717, 1.165) is 38.5 Å². The number of nitrogens with one attached hydrogen (secondary N) is 1. The van der Waals surface area contributed by atoms with E-state index in [4.69, 9.17) is 4.74 Å². The van der Waals surface area contributed by atoms with Gasteiger partial charge in [0, 0.05) is 12.8 Å². The van der Waals surface area contributed by atoms with Gasteiger partial charge in [-0.2, -0.15) is 0 Å². The summed E-state index contributed by atoms with van der Waals surface area (Å²) in [5.74, 6) is -0.0305. The van der Waals surface area contributed by atoms with Crippen LogP contribution in [0.1, 0.15) is 386 Å². The lowest BCUT2D eigenvalue weighted by molar-refractivity contribution is -0.143. The maximum absolute atomic E-state index is 12.5. The van der Waals surface area contributed by atoms with E-state index in [1.165, 1.54) is 315 Å². The number of allylic oxidation sites excluding steroid dienone is 2. The van der Waals surface area contributed by atoms with E-state index in [2.05, 4.69) is 31.3 Å². The summed E-state index contributed by atoms with van der Waals surface area (Å²) in [4.78, 5) is 24.6. The Kier molecular flexibility index (Phi) is 62.9. The van der Waals surface area contributed by atoms with Crippen molar-refractivity contribution < 1.29 is 24.5 Å². The van der Waals surface area contributed by atoms with E-state index in [1.54, 1.807) is 0 Å². The molecule has 440 valence electrons. The van der Waals surface area contributed by atoms with E-state index in [1.807, 2.05) is 0 Å². The van der Waals surface area contributed by atoms with E-state index in [9.17, 15) is 19.8 Å². The molecule has 0 heterocycles. The largest absolute Gasteiger partial charge is 0.466 e. The highest BCUT2D eigenvalue weighted by Crippen LogP contribution is 2.19. The lowest BCUT2D eigenvalue weighted by Gasteiger charge is -2.22. The molecule has 0 aromatic carbocycles. The molecule has 0 fully saturated rings. The Morgan fingerprint density at radius 1 is 0.365 bits per heavy atom. The number of carbonyl (C=O) groups is 2. The van der Waals surface area contributed by atoms with Gasteiger partial charge in [0.2, 0.25) is 5.91 Å². The van der Waals surface area contributed by atoms with Crippen molar-refractivity contribution in [2.24, 2.45) is 0 Å². The minimum Gasteiger partial charge on any atom is -0.466 e. The fraction of sp³-hybridized carbons (Fsp3) is 0.941. The van der Waals surface area contributed by atoms with Gasteiger partial charge in [-0.05, 0) is 51.4 Å². The molecule has 1 amide bonds. The Morgan fingerprint density at radius 2 is 0.635 bits per heavy atom. The molecule has 0 aliphatic heterocycles. The summed E-state index contributed by atoms with van der Waals surface area (Å²) in [6, 6.07) is -0.549. The van der Waals surface area contributed by atoms with Gasteiger partial charge in [0.15, 0.2) is 0 Å². The highest BCUT2D eigenvalue weighted by Gasteiger charge is 2.20. The quantitative estimate of drug-likeness (QED) is 0.0320. The van der Waals surface area contributed by atoms with Crippen molar-refractivity contribution in [1.82, 2.24) is 5.32 Å². The molecular weight excluding hydrogens is 911 g/mol. The molecule has 6 nitrogen and oxygen atoms in total. The first-order valence-corrected chi connectivity index (χ1v) is 33.9. The van der Waals surface area contributed by atoms with Crippen LogP contribution in [-0.4, -0.2) is 47.4 Å². The van der Waals surface area contributed by atoms with Crippen molar-refractivity contribution in [3.05, 3.63) is 12.2 Å². The molecule has 2 atom stereocenters. The highest BCUT2D eigenvalue weighted by atomic mass is 16.5. The van der Waals surface area contributed by atoms with Gasteiger partial charge >= 0.3 is 5.97 Å². The van der Waals surface area contributed by atoms with Crippen LogP contribution < -0.4 is 5.32 Å². The topological polar surface area (TPSA) is 95.9 Å². The summed E-state index contributed by atoms with van der Waals surface area (Å²) in [6.07, 6.45) is 78.1. The lowest BCUT2D eigenvalue weighted by Crippen LogP contribution is -2.45. The second-order valence-electron chi connectivity index (χ2n) is 23.5. The molecule has 0 aliphatic carbocycles. The van der Waals surface area contributed by atoms with Crippen molar-refractivity contribution in [2.75, 3.05) is 13.2 Å². The molecule has 6 heteroatoms. The number of hydrogen-bond donors (Lipinski definition) is 3. The van der Waals surface area contributed by atoms with Gasteiger partial charge in [0.1, 0.15) is 0 Å². The van der Waals surface area contributed by atoms with Crippen LogP contribution >= 0.6 is 0 Å². The third kappa shape index (κ3) is 59.8. The van der Waals surface area contributed by atoms with Crippen molar-refractivity contribution in [3.8, 4) is 0 Å². The predicted molar refractivity (Wildman–Crippen MR) is 324 cm³/mol. The predicted octanol–water partition coefficient (Wildman–Crippen LogP) is 21.6. The molecule has 0 saturated carbocycles. The number of rotatable bonds is 64. The SMILES string of the molecule is CCCCCCCCCCCCCCCCCCCCCCCCCCCC(O)C(CO)NC(=O)CCCCCCCCC/C=C\CCCCCCCCCCCOC(=O)CCCCCCCCCCCCCC. The average Bonchev–Trinajstić information content (AvgIpc) is 3.40. The maximum Gasteiger partial charge on any atom is 0.305 e. The van der Waals surface area contributed by atoms with E-state index < -0.39 is 12.1 Å². The van der Waals surface area contributed by atoms with Gasteiger partial charge < -0.3 is 20.3 Å². The normalized spacial score (nSPS) is 12.5. The minimum atomic E-state index is -0.671. The van der Waals surface area contributed by atoms with Crippen LogP contribution in [0.25, 0.3) is 0 Å². The third-order valence-electron chi connectivity index (χ3n) is 16.1. The van der Waals surface area contributed by atoms with Crippen LogP contribution in [0.4, 0.5) is 0 Å². The number of amides is 1. The molecule has 0 bridgehead atoms. The Labute approximate surface area is 463 Å². The Balaban J connectivity index is 3.42. The maximum atomic E-state index is 12.5. The third-order valence-corrected chi connectivity index (χ3v) is 16.1. The molecule has 0 rings (SSSR count). The molecule has 0 aliphatic rings. The van der Waals surface area contributed by atoms with E-state index in [-0.39, 0.29) is 18.5 Å². The zero-order valence-electron chi connectivity index (χ0n) is 50.4. The Morgan fingerprint density at radius 3 is 0.959 bits per heavy atom. The first-order chi connectivity index (χ1) is 36.5. The zero-order valence-corrected chi connectivity index (χ0v) is 50.4. The molecular formula is C68H133NO5. The van der Waals surface area contributed by atoms with Gasteiger partial charge in [0.25, 0.3) is 0 Å². The molecule has 3 N–H and O–H groups in total. The fourth-order valence-corrected chi connectivity index (χ4v) is 10.9. The summed E-state index contributed by atoms with van der Waals surface area (Å²) in [7, 11) is 0. The van der Waals surface area contributed by atoms with Gasteiger partial charge in [-0.15, -0.1) is 0 Å². The van der Waals surface area contributed by atoms with Crippen LogP contribution in [0.2, 0.25) is 0 Å². The molecule has 0 spiro atoms. The standard InChI is InChI=1S/C68H133NO5/c1-3-5-7-9-11-13-15-17-18-19-20-21-22-23-24-25-28-31-34-37-40-44-48-52-56-60-66(71)65(64-70)69-67(72)61-57-53-49-45-41-38-35-32-29-26-27-30-33-36-39-43-47-51-55-59-63-74-68(73)62-58-54-50-46-42-16-14-12-10-8-6-4-2/h26,29,65-66,70-71H,3-25,27-28,30-64H2,1-2H3,(H,69,72)/b29-26-. The minimum absolute atomic E-state index is 0.00811. The van der Waals surface area contributed by atoms with Crippen LogP contribution in [0.3, 0.4) is 0 Å². The average molecular weight is 1040 g/mol.